The molecule has 2 N–H and O–H groups in total. The van der Waals surface area contributed by atoms with Gasteiger partial charge in [0.05, 0.1) is 12.1 Å². The number of hydrogen-bond acceptors (Lipinski definition) is 4. The van der Waals surface area contributed by atoms with E-state index in [2.05, 4.69) is 5.48 Å². The maximum atomic E-state index is 12.6. The van der Waals surface area contributed by atoms with Crippen molar-refractivity contribution in [1.82, 2.24) is 10.4 Å². The van der Waals surface area contributed by atoms with E-state index < -0.39 is 11.3 Å². The van der Waals surface area contributed by atoms with Gasteiger partial charge in [-0.05, 0) is 25.0 Å². The zero-order valence-electron chi connectivity index (χ0n) is 13.5. The van der Waals surface area contributed by atoms with Gasteiger partial charge in [-0.2, -0.15) is 5.48 Å². The molecule has 2 aliphatic rings. The van der Waals surface area contributed by atoms with E-state index >= 15 is 0 Å². The van der Waals surface area contributed by atoms with Crippen LogP contribution in [0, 0.1) is 0 Å². The third kappa shape index (κ3) is 2.02. The lowest BCUT2D eigenvalue weighted by atomic mass is 9.84. The molecule has 0 spiro atoms. The lowest BCUT2D eigenvalue weighted by Gasteiger charge is -2.40. The molecule has 0 unspecified atom stereocenters. The Hall–Kier alpha value is -2.21. The molecule has 1 saturated heterocycles. The molecule has 2 heterocycles. The van der Waals surface area contributed by atoms with Crippen molar-refractivity contribution >= 4 is 5.91 Å². The molecule has 0 radical (unpaired) electrons. The molecular formula is C19H20N2O3. The Kier molecular flexibility index (Phi) is 3.46. The number of aliphatic hydroxyl groups is 1. The first kappa shape index (κ1) is 15.3. The van der Waals surface area contributed by atoms with Gasteiger partial charge in [-0.3, -0.25) is 9.63 Å². The first-order valence-corrected chi connectivity index (χ1v) is 8.13. The molecule has 5 heteroatoms. The second-order valence-corrected chi connectivity index (χ2v) is 6.63. The van der Waals surface area contributed by atoms with Crippen LogP contribution in [0.25, 0.3) is 0 Å². The topological polar surface area (TPSA) is 61.8 Å². The van der Waals surface area contributed by atoms with Gasteiger partial charge in [-0.25, -0.2) is 0 Å². The number of rotatable bonds is 4. The average Bonchev–Trinajstić information content (AvgIpc) is 3.00. The predicted molar refractivity (Wildman–Crippen MR) is 88.8 cm³/mol. The van der Waals surface area contributed by atoms with Crippen LogP contribution in [-0.2, 0) is 17.2 Å². The van der Waals surface area contributed by atoms with Crippen LogP contribution in [0.3, 0.4) is 0 Å². The first-order valence-electron chi connectivity index (χ1n) is 8.13. The molecule has 2 atom stereocenters. The highest BCUT2D eigenvalue weighted by Crippen LogP contribution is 2.50. The van der Waals surface area contributed by atoms with E-state index in [1.54, 1.807) is 6.07 Å². The molecule has 0 saturated carbocycles. The van der Waals surface area contributed by atoms with Crippen molar-refractivity contribution in [1.29, 1.82) is 0 Å². The molecule has 5 nitrogen and oxygen atoms in total. The van der Waals surface area contributed by atoms with Gasteiger partial charge in [0, 0.05) is 17.7 Å². The van der Waals surface area contributed by atoms with Gasteiger partial charge in [-0.1, -0.05) is 48.5 Å². The summed E-state index contributed by atoms with van der Waals surface area (Å²) in [6.45, 7) is 2.78. The second-order valence-electron chi connectivity index (χ2n) is 6.63. The van der Waals surface area contributed by atoms with Crippen LogP contribution < -0.4 is 5.48 Å². The fraction of sp³-hybridized carbons (Fsp3) is 0.316. The largest absolute Gasteiger partial charge is 0.365 e. The van der Waals surface area contributed by atoms with Gasteiger partial charge in [-0.15, -0.1) is 0 Å². The lowest BCUT2D eigenvalue weighted by Crippen LogP contribution is -2.59. The van der Waals surface area contributed by atoms with Crippen molar-refractivity contribution in [2.45, 2.75) is 31.2 Å². The van der Waals surface area contributed by atoms with E-state index in [4.69, 9.17) is 4.84 Å². The summed E-state index contributed by atoms with van der Waals surface area (Å²) in [5.74, 6) is -0.123. The summed E-state index contributed by atoms with van der Waals surface area (Å²) in [5.41, 5.74) is 3.12. The first-order chi connectivity index (χ1) is 11.6. The van der Waals surface area contributed by atoms with E-state index in [0.717, 1.165) is 5.56 Å². The number of hydrogen-bond donors (Lipinski definition) is 2. The molecule has 0 aliphatic carbocycles. The third-order valence-electron chi connectivity index (χ3n) is 5.15. The molecule has 0 aromatic heterocycles. The van der Waals surface area contributed by atoms with Crippen LogP contribution in [0.2, 0.25) is 0 Å². The number of carbonyl (C=O) groups excluding carboxylic acids is 1. The summed E-state index contributed by atoms with van der Waals surface area (Å²) in [6, 6.07) is 17.1. The standard InChI is InChI=1S/C19H20N2O3/c1-18(20-24-13-14-7-3-2-4-8-14)11-12-21-17(22)15-9-5-6-10-16(15)19(18,21)23/h2-10,20,23H,11-13H2,1H3/t18-,19-/m1/s1. The monoisotopic (exact) mass is 324 g/mol. The zero-order valence-corrected chi connectivity index (χ0v) is 13.5. The van der Waals surface area contributed by atoms with Crippen molar-refractivity contribution in [3.05, 3.63) is 71.3 Å². The molecule has 0 bridgehead atoms. The lowest BCUT2D eigenvalue weighted by molar-refractivity contribution is -0.157. The maximum Gasteiger partial charge on any atom is 0.256 e. The van der Waals surface area contributed by atoms with Crippen LogP contribution in [-0.4, -0.2) is 28.0 Å². The zero-order chi connectivity index (χ0) is 16.8. The second kappa shape index (κ2) is 5.41. The average molecular weight is 324 g/mol. The van der Waals surface area contributed by atoms with Crippen LogP contribution in [0.15, 0.2) is 54.6 Å². The minimum absolute atomic E-state index is 0.123. The van der Waals surface area contributed by atoms with Crippen LogP contribution in [0.5, 0.6) is 0 Å². The molecular weight excluding hydrogens is 304 g/mol. The van der Waals surface area contributed by atoms with Gasteiger partial charge < -0.3 is 10.0 Å². The van der Waals surface area contributed by atoms with Gasteiger partial charge in [0.25, 0.3) is 5.91 Å². The van der Waals surface area contributed by atoms with Crippen molar-refractivity contribution in [3.8, 4) is 0 Å². The van der Waals surface area contributed by atoms with Crippen molar-refractivity contribution in [2.75, 3.05) is 6.54 Å². The van der Waals surface area contributed by atoms with Crippen LogP contribution >= 0.6 is 0 Å². The third-order valence-corrected chi connectivity index (χ3v) is 5.15. The minimum atomic E-state index is -1.39. The normalized spacial score (nSPS) is 28.1. The highest BCUT2D eigenvalue weighted by Gasteiger charge is 2.63. The number of amides is 1. The summed E-state index contributed by atoms with van der Waals surface area (Å²) in [7, 11) is 0. The molecule has 2 aromatic rings. The fourth-order valence-corrected chi connectivity index (χ4v) is 3.75. The molecule has 2 aromatic carbocycles. The summed E-state index contributed by atoms with van der Waals surface area (Å²) < 4.78 is 0. The molecule has 1 amide bonds. The number of fused-ring (bicyclic) bond motifs is 3. The van der Waals surface area contributed by atoms with Gasteiger partial charge in [0.15, 0.2) is 5.72 Å². The number of carbonyl (C=O) groups is 1. The molecule has 24 heavy (non-hydrogen) atoms. The Labute approximate surface area is 140 Å². The van der Waals surface area contributed by atoms with Crippen molar-refractivity contribution < 1.29 is 14.7 Å². The molecule has 124 valence electrons. The van der Waals surface area contributed by atoms with Gasteiger partial charge >= 0.3 is 0 Å². The van der Waals surface area contributed by atoms with Gasteiger partial charge in [0.1, 0.15) is 0 Å². The quantitative estimate of drug-likeness (QED) is 0.846. The Morgan fingerprint density at radius 2 is 1.88 bits per heavy atom. The predicted octanol–water partition coefficient (Wildman–Crippen LogP) is 2.17. The molecule has 1 fully saturated rings. The van der Waals surface area contributed by atoms with E-state index in [1.807, 2.05) is 55.5 Å². The summed E-state index contributed by atoms with van der Waals surface area (Å²) >= 11 is 0. The van der Waals surface area contributed by atoms with E-state index in [0.29, 0.717) is 30.7 Å². The number of nitrogens with one attached hydrogen (secondary N) is 1. The van der Waals surface area contributed by atoms with E-state index in [9.17, 15) is 9.90 Å². The highest BCUT2D eigenvalue weighted by molar-refractivity contribution is 6.00. The number of benzene rings is 2. The van der Waals surface area contributed by atoms with Crippen molar-refractivity contribution in [3.63, 3.8) is 0 Å². The fourth-order valence-electron chi connectivity index (χ4n) is 3.75. The summed E-state index contributed by atoms with van der Waals surface area (Å²) in [5, 5.41) is 11.4. The molecule has 2 aliphatic heterocycles. The highest BCUT2D eigenvalue weighted by atomic mass is 16.6. The van der Waals surface area contributed by atoms with Crippen molar-refractivity contribution in [2.24, 2.45) is 0 Å². The SMILES string of the molecule is C[C@@]1(NOCc2ccccc2)CCN2C(=O)c3ccccc3[C@]21O. The van der Waals surface area contributed by atoms with E-state index in [-0.39, 0.29) is 5.91 Å². The Morgan fingerprint density at radius 1 is 1.17 bits per heavy atom. The van der Waals surface area contributed by atoms with Crippen LogP contribution in [0.4, 0.5) is 0 Å². The Morgan fingerprint density at radius 3 is 2.67 bits per heavy atom. The summed E-state index contributed by atoms with van der Waals surface area (Å²) in [4.78, 5) is 19.8. The smallest absolute Gasteiger partial charge is 0.256 e. The number of hydroxylamine groups is 1. The Balaban J connectivity index is 1.58. The minimum Gasteiger partial charge on any atom is -0.365 e. The van der Waals surface area contributed by atoms with Gasteiger partial charge in [0.2, 0.25) is 0 Å². The molecule has 4 rings (SSSR count). The van der Waals surface area contributed by atoms with Crippen LogP contribution in [0.1, 0.15) is 34.8 Å². The summed E-state index contributed by atoms with van der Waals surface area (Å²) in [6.07, 6.45) is 0.609. The maximum absolute atomic E-state index is 12.6. The number of nitrogens with zero attached hydrogens (tertiary/aromatic N) is 1. The Bertz CT molecular complexity index is 779. The van der Waals surface area contributed by atoms with E-state index in [1.165, 1.54) is 4.90 Å².